The van der Waals surface area contributed by atoms with Crippen LogP contribution in [-0.2, 0) is 24.6 Å². The van der Waals surface area contributed by atoms with Crippen LogP contribution in [0.1, 0.15) is 39.6 Å². The van der Waals surface area contributed by atoms with Gasteiger partial charge in [0.2, 0.25) is 0 Å². The third kappa shape index (κ3) is 3.34. The molecule has 1 aliphatic heterocycles. The summed E-state index contributed by atoms with van der Waals surface area (Å²) in [4.78, 5) is 29.6. The maximum atomic E-state index is 13.3. The zero-order valence-electron chi connectivity index (χ0n) is 16.5. The van der Waals surface area contributed by atoms with Crippen LogP contribution in [0.3, 0.4) is 0 Å². The molecule has 1 amide bonds. The Kier molecular flexibility index (Phi) is 4.63. The number of nitrogens with zero attached hydrogens (tertiary/aromatic N) is 6. The Morgan fingerprint density at radius 3 is 2.97 bits per heavy atom. The summed E-state index contributed by atoms with van der Waals surface area (Å²) < 4.78 is 7.72. The summed E-state index contributed by atoms with van der Waals surface area (Å²) in [6.45, 7) is 3.07. The Balaban J connectivity index is 1.52. The Labute approximate surface area is 172 Å². The molecule has 1 aliphatic carbocycles. The van der Waals surface area contributed by atoms with Gasteiger partial charge in [-0.25, -0.2) is 9.97 Å². The lowest BCUT2D eigenvalue weighted by molar-refractivity contribution is 0.0913. The van der Waals surface area contributed by atoms with Crippen molar-refractivity contribution in [2.75, 3.05) is 18.1 Å². The Hall–Kier alpha value is -2.65. The standard InChI is InChI=1S/C20H22N6O2S/c1-12-8-22-15(10-21-12)19(27)26(11-13-4-3-7-28-13)20-24-18-14-9-23-25(2)16(14)5-6-17(18)29-20/h8-10,13H,3-7,11H2,1-2H3. The molecule has 3 aromatic rings. The van der Waals surface area contributed by atoms with Gasteiger partial charge in [-0.1, -0.05) is 0 Å². The van der Waals surface area contributed by atoms with Gasteiger partial charge in [0.25, 0.3) is 5.91 Å². The van der Waals surface area contributed by atoms with Gasteiger partial charge in [-0.05, 0) is 32.6 Å². The van der Waals surface area contributed by atoms with E-state index in [1.165, 1.54) is 16.8 Å². The number of thiazole rings is 1. The minimum atomic E-state index is -0.189. The first kappa shape index (κ1) is 18.4. The van der Waals surface area contributed by atoms with Gasteiger partial charge < -0.3 is 4.74 Å². The fourth-order valence-electron chi connectivity index (χ4n) is 3.90. The molecule has 8 nitrogen and oxygen atoms in total. The summed E-state index contributed by atoms with van der Waals surface area (Å²) in [5.74, 6) is -0.189. The predicted octanol–water partition coefficient (Wildman–Crippen LogP) is 2.57. The molecule has 0 N–H and O–H groups in total. The molecule has 1 saturated heterocycles. The zero-order valence-corrected chi connectivity index (χ0v) is 17.3. The average Bonchev–Trinajstić information content (AvgIpc) is 3.46. The van der Waals surface area contributed by atoms with Crippen LogP contribution in [0.15, 0.2) is 18.6 Å². The second-order valence-electron chi connectivity index (χ2n) is 7.49. The number of anilines is 1. The minimum Gasteiger partial charge on any atom is -0.376 e. The second-order valence-corrected chi connectivity index (χ2v) is 8.55. The second kappa shape index (κ2) is 7.31. The number of carbonyl (C=O) groups is 1. The molecule has 29 heavy (non-hydrogen) atoms. The van der Waals surface area contributed by atoms with Crippen molar-refractivity contribution < 1.29 is 9.53 Å². The minimum absolute atomic E-state index is 0.0206. The molecule has 3 aromatic heterocycles. The van der Waals surface area contributed by atoms with Crippen molar-refractivity contribution in [3.8, 4) is 11.3 Å². The van der Waals surface area contributed by atoms with Crippen molar-refractivity contribution in [2.45, 2.75) is 38.7 Å². The topological polar surface area (TPSA) is 86.0 Å². The zero-order chi connectivity index (χ0) is 20.0. The predicted molar refractivity (Wildman–Crippen MR) is 109 cm³/mol. The van der Waals surface area contributed by atoms with Crippen molar-refractivity contribution in [2.24, 2.45) is 7.05 Å². The van der Waals surface area contributed by atoms with Gasteiger partial charge in [-0.3, -0.25) is 19.4 Å². The molecule has 0 spiro atoms. The van der Waals surface area contributed by atoms with E-state index in [2.05, 4.69) is 15.1 Å². The molecule has 1 unspecified atom stereocenters. The number of hydrogen-bond donors (Lipinski definition) is 0. The van der Waals surface area contributed by atoms with Crippen LogP contribution in [0.2, 0.25) is 0 Å². The first-order chi connectivity index (χ1) is 14.1. The van der Waals surface area contributed by atoms with E-state index in [1.807, 2.05) is 24.9 Å². The molecule has 1 atom stereocenters. The van der Waals surface area contributed by atoms with E-state index in [4.69, 9.17) is 9.72 Å². The summed E-state index contributed by atoms with van der Waals surface area (Å²) in [6, 6.07) is 0. The monoisotopic (exact) mass is 410 g/mol. The summed E-state index contributed by atoms with van der Waals surface area (Å²) in [7, 11) is 1.96. The third-order valence-electron chi connectivity index (χ3n) is 5.48. The lowest BCUT2D eigenvalue weighted by atomic mass is 10.0. The lowest BCUT2D eigenvalue weighted by Crippen LogP contribution is -2.38. The fraction of sp³-hybridized carbons (Fsp3) is 0.450. The molecule has 0 aromatic carbocycles. The summed E-state index contributed by atoms with van der Waals surface area (Å²) >= 11 is 1.58. The SMILES string of the molecule is Cc1cnc(C(=O)N(CC2CCCO2)c2nc3c(s2)CCc2c-3cnn2C)cn1. The number of amides is 1. The molecule has 150 valence electrons. The van der Waals surface area contributed by atoms with E-state index in [9.17, 15) is 4.79 Å². The van der Waals surface area contributed by atoms with Gasteiger partial charge in [0.1, 0.15) is 5.69 Å². The van der Waals surface area contributed by atoms with E-state index in [1.54, 1.807) is 22.4 Å². The number of aryl methyl sites for hydroxylation is 3. The summed E-state index contributed by atoms with van der Waals surface area (Å²) in [5.41, 5.74) is 4.30. The molecule has 0 bridgehead atoms. The van der Waals surface area contributed by atoms with E-state index in [0.29, 0.717) is 17.4 Å². The Morgan fingerprint density at radius 2 is 2.21 bits per heavy atom. The first-order valence-electron chi connectivity index (χ1n) is 9.83. The fourth-order valence-corrected chi connectivity index (χ4v) is 4.99. The summed E-state index contributed by atoms with van der Waals surface area (Å²) in [5, 5.41) is 5.08. The van der Waals surface area contributed by atoms with Gasteiger partial charge in [0, 0.05) is 36.0 Å². The Morgan fingerprint density at radius 1 is 1.31 bits per heavy atom. The van der Waals surface area contributed by atoms with Gasteiger partial charge in [0.15, 0.2) is 5.13 Å². The van der Waals surface area contributed by atoms with Crippen LogP contribution >= 0.6 is 11.3 Å². The average molecular weight is 411 g/mol. The highest BCUT2D eigenvalue weighted by molar-refractivity contribution is 7.16. The molecule has 0 radical (unpaired) electrons. The van der Waals surface area contributed by atoms with E-state index in [-0.39, 0.29) is 12.0 Å². The van der Waals surface area contributed by atoms with Crippen LogP contribution in [0.5, 0.6) is 0 Å². The Bertz CT molecular complexity index is 1050. The largest absolute Gasteiger partial charge is 0.376 e. The third-order valence-corrected chi connectivity index (χ3v) is 6.62. The molecule has 9 heteroatoms. The number of hydrogen-bond acceptors (Lipinski definition) is 7. The van der Waals surface area contributed by atoms with Crippen molar-refractivity contribution in [3.63, 3.8) is 0 Å². The van der Waals surface area contributed by atoms with Gasteiger partial charge in [-0.2, -0.15) is 5.10 Å². The number of aromatic nitrogens is 5. The van der Waals surface area contributed by atoms with Crippen LogP contribution in [-0.4, -0.2) is 49.9 Å². The van der Waals surface area contributed by atoms with Crippen LogP contribution in [0, 0.1) is 6.92 Å². The number of ether oxygens (including phenoxy) is 1. The van der Waals surface area contributed by atoms with E-state index in [0.717, 1.165) is 49.2 Å². The van der Waals surface area contributed by atoms with Gasteiger partial charge >= 0.3 is 0 Å². The van der Waals surface area contributed by atoms with Crippen LogP contribution in [0.4, 0.5) is 5.13 Å². The van der Waals surface area contributed by atoms with Gasteiger partial charge in [0.05, 0.1) is 36.4 Å². The molecule has 4 heterocycles. The number of fused-ring (bicyclic) bond motifs is 3. The van der Waals surface area contributed by atoms with Gasteiger partial charge in [-0.15, -0.1) is 11.3 Å². The van der Waals surface area contributed by atoms with Crippen LogP contribution in [0.25, 0.3) is 11.3 Å². The number of rotatable bonds is 4. The van der Waals surface area contributed by atoms with Crippen molar-refractivity contribution in [3.05, 3.63) is 40.5 Å². The highest BCUT2D eigenvalue weighted by Gasteiger charge is 2.31. The highest BCUT2D eigenvalue weighted by Crippen LogP contribution is 2.39. The smallest absolute Gasteiger partial charge is 0.280 e. The van der Waals surface area contributed by atoms with Crippen molar-refractivity contribution in [1.82, 2.24) is 24.7 Å². The van der Waals surface area contributed by atoms with Crippen LogP contribution < -0.4 is 4.90 Å². The maximum absolute atomic E-state index is 13.3. The van der Waals surface area contributed by atoms with E-state index < -0.39 is 0 Å². The molecule has 2 aliphatic rings. The summed E-state index contributed by atoms with van der Waals surface area (Å²) in [6.07, 6.45) is 8.85. The molecular weight excluding hydrogens is 388 g/mol. The van der Waals surface area contributed by atoms with Crippen molar-refractivity contribution in [1.29, 1.82) is 0 Å². The first-order valence-corrected chi connectivity index (χ1v) is 10.6. The molecular formula is C20H22N6O2S. The lowest BCUT2D eigenvalue weighted by Gasteiger charge is -2.22. The van der Waals surface area contributed by atoms with Crippen molar-refractivity contribution >= 4 is 22.4 Å². The highest BCUT2D eigenvalue weighted by atomic mass is 32.1. The number of carbonyl (C=O) groups excluding carboxylic acids is 1. The molecule has 1 fully saturated rings. The van der Waals surface area contributed by atoms with E-state index >= 15 is 0 Å². The maximum Gasteiger partial charge on any atom is 0.280 e. The quantitative estimate of drug-likeness (QED) is 0.657. The molecule has 0 saturated carbocycles. The molecule has 5 rings (SSSR count). The normalized spacial score (nSPS) is 17.8.